The highest BCUT2D eigenvalue weighted by Gasteiger charge is 2.17. The van der Waals surface area contributed by atoms with Gasteiger partial charge in [-0.3, -0.25) is 4.68 Å². The second-order valence-electron chi connectivity index (χ2n) is 5.99. The van der Waals surface area contributed by atoms with Crippen LogP contribution in [0.2, 0.25) is 0 Å². The van der Waals surface area contributed by atoms with Gasteiger partial charge in [0.1, 0.15) is 12.4 Å². The quantitative estimate of drug-likeness (QED) is 0.870. The number of ether oxygens (including phenoxy) is 1. The predicted octanol–water partition coefficient (Wildman–Crippen LogP) is 3.78. The smallest absolute Gasteiger partial charge is 0.132 e. The van der Waals surface area contributed by atoms with Gasteiger partial charge in [-0.1, -0.05) is 12.8 Å². The molecule has 0 radical (unpaired) electrons. The zero-order valence-electron chi connectivity index (χ0n) is 12.8. The van der Waals surface area contributed by atoms with Crippen molar-refractivity contribution in [1.82, 2.24) is 9.78 Å². The van der Waals surface area contributed by atoms with Crippen LogP contribution >= 0.6 is 0 Å². The fourth-order valence-electron chi connectivity index (χ4n) is 2.95. The van der Waals surface area contributed by atoms with E-state index >= 15 is 0 Å². The zero-order valence-corrected chi connectivity index (χ0v) is 12.8. The van der Waals surface area contributed by atoms with Crippen LogP contribution in [0.3, 0.4) is 0 Å². The molecule has 1 aliphatic carbocycles. The van der Waals surface area contributed by atoms with E-state index in [1.807, 2.05) is 26.0 Å². The normalized spacial score (nSPS) is 15.5. The van der Waals surface area contributed by atoms with Crippen molar-refractivity contribution in [1.29, 1.82) is 0 Å². The Labute approximate surface area is 125 Å². The van der Waals surface area contributed by atoms with Crippen LogP contribution in [0.4, 0.5) is 5.69 Å². The van der Waals surface area contributed by atoms with Crippen LogP contribution in [0.5, 0.6) is 5.75 Å². The molecule has 0 aliphatic heterocycles. The maximum absolute atomic E-state index is 5.90. The van der Waals surface area contributed by atoms with Crippen LogP contribution in [-0.4, -0.2) is 9.78 Å². The molecule has 2 N–H and O–H groups in total. The molecule has 2 aromatic rings. The molecule has 3 rings (SSSR count). The predicted molar refractivity (Wildman–Crippen MR) is 84.4 cm³/mol. The van der Waals surface area contributed by atoms with Crippen LogP contribution in [0.15, 0.2) is 24.4 Å². The average molecular weight is 285 g/mol. The van der Waals surface area contributed by atoms with E-state index < -0.39 is 0 Å². The van der Waals surface area contributed by atoms with Gasteiger partial charge in [0.25, 0.3) is 0 Å². The van der Waals surface area contributed by atoms with Crippen molar-refractivity contribution in [3.63, 3.8) is 0 Å². The lowest BCUT2D eigenvalue weighted by Gasteiger charge is -2.11. The number of aryl methyl sites for hydroxylation is 2. The number of benzene rings is 1. The fraction of sp³-hybridized carbons (Fsp3) is 0.471. The maximum atomic E-state index is 5.90. The van der Waals surface area contributed by atoms with Gasteiger partial charge in [-0.2, -0.15) is 5.10 Å². The molecule has 1 aromatic heterocycles. The van der Waals surface area contributed by atoms with Crippen molar-refractivity contribution in [3.8, 4) is 5.75 Å². The van der Waals surface area contributed by atoms with Gasteiger partial charge in [-0.15, -0.1) is 0 Å². The van der Waals surface area contributed by atoms with Gasteiger partial charge in [-0.25, -0.2) is 0 Å². The molecule has 0 unspecified atom stereocenters. The number of hydrogen-bond donors (Lipinski definition) is 1. The SMILES string of the molecule is Cc1cc(OCc2ccn(C3CCCC3)n2)c(C)cc1N. The maximum Gasteiger partial charge on any atom is 0.132 e. The third kappa shape index (κ3) is 3.04. The Kier molecular flexibility index (Phi) is 3.86. The minimum absolute atomic E-state index is 0.504. The lowest BCUT2D eigenvalue weighted by atomic mass is 10.1. The van der Waals surface area contributed by atoms with Crippen molar-refractivity contribution >= 4 is 5.69 Å². The molecule has 4 heteroatoms. The van der Waals surface area contributed by atoms with Crippen molar-refractivity contribution in [3.05, 3.63) is 41.2 Å². The first-order valence-corrected chi connectivity index (χ1v) is 7.67. The Hall–Kier alpha value is -1.97. The summed E-state index contributed by atoms with van der Waals surface area (Å²) < 4.78 is 8.01. The van der Waals surface area contributed by atoms with E-state index in [1.54, 1.807) is 0 Å². The molecule has 1 fully saturated rings. The highest BCUT2D eigenvalue weighted by atomic mass is 16.5. The van der Waals surface area contributed by atoms with Crippen molar-refractivity contribution in [2.75, 3.05) is 5.73 Å². The Morgan fingerprint density at radius 1 is 1.24 bits per heavy atom. The van der Waals surface area contributed by atoms with Gasteiger partial charge in [0.05, 0.1) is 11.7 Å². The summed E-state index contributed by atoms with van der Waals surface area (Å²) in [7, 11) is 0. The summed E-state index contributed by atoms with van der Waals surface area (Å²) in [4.78, 5) is 0. The van der Waals surface area contributed by atoms with Gasteiger partial charge in [0.15, 0.2) is 0 Å². The number of nitrogens with zero attached hydrogens (tertiary/aromatic N) is 2. The summed E-state index contributed by atoms with van der Waals surface area (Å²) in [5.74, 6) is 0.886. The second-order valence-corrected chi connectivity index (χ2v) is 5.99. The van der Waals surface area contributed by atoms with E-state index in [-0.39, 0.29) is 0 Å². The third-order valence-corrected chi connectivity index (χ3v) is 4.30. The summed E-state index contributed by atoms with van der Waals surface area (Å²) in [5, 5.41) is 4.64. The van der Waals surface area contributed by atoms with Gasteiger partial charge in [-0.05, 0) is 56.0 Å². The number of anilines is 1. The molecular formula is C17H23N3O. The number of nitrogen functional groups attached to an aromatic ring is 1. The highest BCUT2D eigenvalue weighted by Crippen LogP contribution is 2.29. The van der Waals surface area contributed by atoms with Gasteiger partial charge < -0.3 is 10.5 Å². The summed E-state index contributed by atoms with van der Waals surface area (Å²) >= 11 is 0. The van der Waals surface area contributed by atoms with Crippen LogP contribution < -0.4 is 10.5 Å². The molecule has 1 aromatic carbocycles. The first-order chi connectivity index (χ1) is 10.1. The molecule has 0 saturated heterocycles. The van der Waals surface area contributed by atoms with Gasteiger partial charge in [0, 0.05) is 11.9 Å². The Bertz CT molecular complexity index is 627. The monoisotopic (exact) mass is 285 g/mol. The van der Waals surface area contributed by atoms with Gasteiger partial charge >= 0.3 is 0 Å². The molecule has 0 atom stereocenters. The van der Waals surface area contributed by atoms with Gasteiger partial charge in [0.2, 0.25) is 0 Å². The van der Waals surface area contributed by atoms with E-state index in [2.05, 4.69) is 22.0 Å². The van der Waals surface area contributed by atoms with E-state index in [1.165, 1.54) is 25.7 Å². The lowest BCUT2D eigenvalue weighted by molar-refractivity contribution is 0.296. The number of nitrogens with two attached hydrogens (primary N) is 1. The topological polar surface area (TPSA) is 53.1 Å². The van der Waals surface area contributed by atoms with Crippen LogP contribution in [0.25, 0.3) is 0 Å². The largest absolute Gasteiger partial charge is 0.487 e. The Morgan fingerprint density at radius 3 is 2.76 bits per heavy atom. The molecule has 1 saturated carbocycles. The van der Waals surface area contributed by atoms with Crippen molar-refractivity contribution < 1.29 is 4.74 Å². The van der Waals surface area contributed by atoms with Crippen LogP contribution in [0, 0.1) is 13.8 Å². The summed E-state index contributed by atoms with van der Waals surface area (Å²) in [6.07, 6.45) is 7.22. The summed E-state index contributed by atoms with van der Waals surface area (Å²) in [6, 6.07) is 6.59. The molecule has 1 aliphatic rings. The third-order valence-electron chi connectivity index (χ3n) is 4.30. The van der Waals surface area contributed by atoms with Crippen molar-refractivity contribution in [2.45, 2.75) is 52.2 Å². The first kappa shape index (κ1) is 14.0. The minimum atomic E-state index is 0.504. The van der Waals surface area contributed by atoms with Crippen LogP contribution in [-0.2, 0) is 6.61 Å². The number of aromatic nitrogens is 2. The molecule has 0 bridgehead atoms. The highest BCUT2D eigenvalue weighted by molar-refractivity contribution is 5.53. The average Bonchev–Trinajstić information content (AvgIpc) is 3.11. The minimum Gasteiger partial charge on any atom is -0.487 e. The molecule has 21 heavy (non-hydrogen) atoms. The Balaban J connectivity index is 1.66. The molecule has 0 amide bonds. The van der Waals surface area contributed by atoms with E-state index in [9.17, 15) is 0 Å². The molecule has 112 valence electrons. The Morgan fingerprint density at radius 2 is 2.00 bits per heavy atom. The standard InChI is InChI=1S/C17H23N3O/c1-12-10-17(13(2)9-16(12)18)21-11-14-7-8-20(19-14)15-5-3-4-6-15/h7-10,15H,3-6,11,18H2,1-2H3. The number of hydrogen-bond acceptors (Lipinski definition) is 3. The zero-order chi connectivity index (χ0) is 14.8. The first-order valence-electron chi connectivity index (χ1n) is 7.67. The molecule has 4 nitrogen and oxygen atoms in total. The molecular weight excluding hydrogens is 262 g/mol. The number of rotatable bonds is 4. The summed E-state index contributed by atoms with van der Waals surface area (Å²) in [5.41, 5.74) is 9.80. The lowest BCUT2D eigenvalue weighted by Crippen LogP contribution is -2.06. The van der Waals surface area contributed by atoms with E-state index in [4.69, 9.17) is 10.5 Å². The van der Waals surface area contributed by atoms with E-state index in [0.29, 0.717) is 12.6 Å². The van der Waals surface area contributed by atoms with Crippen molar-refractivity contribution in [2.24, 2.45) is 0 Å². The van der Waals surface area contributed by atoms with Crippen LogP contribution in [0.1, 0.15) is 48.5 Å². The fourth-order valence-corrected chi connectivity index (χ4v) is 2.95. The second kappa shape index (κ2) is 5.80. The molecule has 0 spiro atoms. The summed E-state index contributed by atoms with van der Waals surface area (Å²) in [6.45, 7) is 4.52. The van der Waals surface area contributed by atoms with E-state index in [0.717, 1.165) is 28.3 Å². The molecule has 1 heterocycles.